The van der Waals surface area contributed by atoms with Crippen LogP contribution >= 0.6 is 22.7 Å². The molecule has 184 valence electrons. The normalized spacial score (nSPS) is 20.0. The summed E-state index contributed by atoms with van der Waals surface area (Å²) in [4.78, 5) is 35.8. The van der Waals surface area contributed by atoms with Crippen LogP contribution in [0.4, 0.5) is 5.13 Å². The van der Waals surface area contributed by atoms with E-state index < -0.39 is 6.10 Å². The zero-order valence-electron chi connectivity index (χ0n) is 19.5. The van der Waals surface area contributed by atoms with Gasteiger partial charge in [-0.15, -0.1) is 22.7 Å². The molecular formula is C26H29N3O4S2. The topological polar surface area (TPSA) is 83.0 Å². The number of anilines is 1. The van der Waals surface area contributed by atoms with Gasteiger partial charge >= 0.3 is 0 Å². The molecule has 0 saturated carbocycles. The molecule has 2 unspecified atom stereocenters. The van der Waals surface area contributed by atoms with Crippen LogP contribution in [0.2, 0.25) is 0 Å². The van der Waals surface area contributed by atoms with Gasteiger partial charge in [0.2, 0.25) is 11.9 Å². The summed E-state index contributed by atoms with van der Waals surface area (Å²) in [7, 11) is 0. The number of benzene rings is 1. The fourth-order valence-electron chi connectivity index (χ4n) is 4.89. The Kier molecular flexibility index (Phi) is 7.57. The molecule has 0 spiro atoms. The van der Waals surface area contributed by atoms with Crippen LogP contribution in [-0.4, -0.2) is 59.0 Å². The number of nitrogens with zero attached hydrogens (tertiary/aromatic N) is 3. The average Bonchev–Trinajstić information content (AvgIpc) is 3.64. The third kappa shape index (κ3) is 5.18. The lowest BCUT2D eigenvalue weighted by Crippen LogP contribution is -2.42. The van der Waals surface area contributed by atoms with Gasteiger partial charge in [-0.25, -0.2) is 4.98 Å². The van der Waals surface area contributed by atoms with Gasteiger partial charge < -0.3 is 14.7 Å². The number of para-hydroxylation sites is 1. The number of carbonyl (C=O) groups excluding carboxylic acids is 2. The number of thiophene rings is 1. The van der Waals surface area contributed by atoms with E-state index in [1.807, 2.05) is 35.0 Å². The van der Waals surface area contributed by atoms with E-state index in [1.54, 1.807) is 17.0 Å². The lowest BCUT2D eigenvalue weighted by Gasteiger charge is -2.35. The molecule has 0 radical (unpaired) electrons. The number of ketones is 1. The summed E-state index contributed by atoms with van der Waals surface area (Å²) in [6.07, 6.45) is 4.32. The first kappa shape index (κ1) is 24.1. The van der Waals surface area contributed by atoms with E-state index >= 15 is 0 Å². The van der Waals surface area contributed by atoms with E-state index in [-0.39, 0.29) is 18.3 Å². The number of aliphatic hydroxyl groups is 1. The average molecular weight is 512 g/mol. The number of fused-ring (bicyclic) bond motifs is 1. The predicted molar refractivity (Wildman–Crippen MR) is 138 cm³/mol. The van der Waals surface area contributed by atoms with E-state index in [9.17, 15) is 14.7 Å². The van der Waals surface area contributed by atoms with Gasteiger partial charge in [0.1, 0.15) is 11.4 Å². The zero-order chi connectivity index (χ0) is 24.2. The van der Waals surface area contributed by atoms with Gasteiger partial charge in [0.05, 0.1) is 10.4 Å². The molecule has 2 aliphatic rings. The SMILES string of the molecule is O=C1c2ccccc2OC1c1csc(N(CCCN2CCCCC2CCO)C(=O)c2cccs2)n1. The van der Waals surface area contributed by atoms with Gasteiger partial charge in [-0.2, -0.15) is 0 Å². The maximum absolute atomic E-state index is 13.4. The van der Waals surface area contributed by atoms with E-state index in [0.717, 1.165) is 32.4 Å². The van der Waals surface area contributed by atoms with Crippen LogP contribution in [0.25, 0.3) is 0 Å². The summed E-state index contributed by atoms with van der Waals surface area (Å²) < 4.78 is 5.89. The highest BCUT2D eigenvalue weighted by atomic mass is 32.1. The second kappa shape index (κ2) is 11.0. The van der Waals surface area contributed by atoms with E-state index in [1.165, 1.54) is 35.5 Å². The third-order valence-corrected chi connectivity index (χ3v) is 8.40. The molecule has 9 heteroatoms. The summed E-state index contributed by atoms with van der Waals surface area (Å²) >= 11 is 2.78. The highest BCUT2D eigenvalue weighted by Crippen LogP contribution is 2.38. The Hall–Kier alpha value is -2.59. The van der Waals surface area contributed by atoms with Crippen LogP contribution in [0.5, 0.6) is 5.75 Å². The Morgan fingerprint density at radius 1 is 1.20 bits per heavy atom. The maximum atomic E-state index is 13.4. The first-order valence-electron chi connectivity index (χ1n) is 12.1. The van der Waals surface area contributed by atoms with Gasteiger partial charge in [-0.3, -0.25) is 14.5 Å². The predicted octanol–water partition coefficient (Wildman–Crippen LogP) is 4.79. The van der Waals surface area contributed by atoms with Crippen LogP contribution in [-0.2, 0) is 0 Å². The van der Waals surface area contributed by atoms with Crippen molar-refractivity contribution in [3.05, 3.63) is 63.3 Å². The number of rotatable bonds is 9. The second-order valence-corrected chi connectivity index (χ2v) is 10.7. The van der Waals surface area contributed by atoms with Crippen molar-refractivity contribution in [3.63, 3.8) is 0 Å². The third-order valence-electron chi connectivity index (χ3n) is 6.66. The zero-order valence-corrected chi connectivity index (χ0v) is 21.1. The number of carbonyl (C=O) groups is 2. The number of hydrogen-bond donors (Lipinski definition) is 1. The molecule has 2 atom stereocenters. The molecular weight excluding hydrogens is 482 g/mol. The minimum Gasteiger partial charge on any atom is -0.475 e. The fourth-order valence-corrected chi connectivity index (χ4v) is 6.42. The molecule has 7 nitrogen and oxygen atoms in total. The molecule has 0 aliphatic carbocycles. The minimum atomic E-state index is -0.774. The smallest absolute Gasteiger partial charge is 0.270 e. The fraction of sp³-hybridized carbons (Fsp3) is 0.423. The molecule has 2 aromatic heterocycles. The number of thiazole rings is 1. The molecule has 3 aromatic rings. The van der Waals surface area contributed by atoms with E-state index in [4.69, 9.17) is 9.72 Å². The van der Waals surface area contributed by atoms with Crippen molar-refractivity contribution in [1.82, 2.24) is 9.88 Å². The van der Waals surface area contributed by atoms with Gasteiger partial charge in [0, 0.05) is 31.1 Å². The van der Waals surface area contributed by atoms with Crippen molar-refractivity contribution < 1.29 is 19.4 Å². The summed E-state index contributed by atoms with van der Waals surface area (Å²) in [5, 5.41) is 13.7. The minimum absolute atomic E-state index is 0.0756. The Morgan fingerprint density at radius 2 is 2.09 bits per heavy atom. The monoisotopic (exact) mass is 511 g/mol. The Labute approximate surface area is 213 Å². The summed E-state index contributed by atoms with van der Waals surface area (Å²) in [6.45, 7) is 2.65. The molecule has 1 amide bonds. The summed E-state index contributed by atoms with van der Waals surface area (Å²) in [5.41, 5.74) is 1.10. The van der Waals surface area contributed by atoms with Gasteiger partial charge in [-0.1, -0.05) is 24.6 Å². The van der Waals surface area contributed by atoms with Crippen LogP contribution in [0, 0.1) is 0 Å². The van der Waals surface area contributed by atoms with Crippen molar-refractivity contribution in [3.8, 4) is 5.75 Å². The van der Waals surface area contributed by atoms with E-state index in [0.29, 0.717) is 39.6 Å². The first-order valence-corrected chi connectivity index (χ1v) is 13.9. The number of piperidine rings is 1. The highest BCUT2D eigenvalue weighted by molar-refractivity contribution is 7.14. The molecule has 35 heavy (non-hydrogen) atoms. The molecule has 4 heterocycles. The van der Waals surface area contributed by atoms with Crippen LogP contribution < -0.4 is 9.64 Å². The van der Waals surface area contributed by atoms with Crippen LogP contribution in [0.15, 0.2) is 47.2 Å². The lowest BCUT2D eigenvalue weighted by atomic mass is 9.99. The number of aromatic nitrogens is 1. The Morgan fingerprint density at radius 3 is 2.89 bits per heavy atom. The molecule has 2 aliphatic heterocycles. The molecule has 1 aromatic carbocycles. The molecule has 5 rings (SSSR count). The molecule has 1 saturated heterocycles. The molecule has 1 fully saturated rings. The Balaban J connectivity index is 1.31. The molecule has 1 N–H and O–H groups in total. The number of amides is 1. The van der Waals surface area contributed by atoms with Gasteiger partial charge in [0.15, 0.2) is 5.13 Å². The summed E-state index contributed by atoms with van der Waals surface area (Å²) in [6, 6.07) is 11.3. The first-order chi connectivity index (χ1) is 17.2. The van der Waals surface area contributed by atoms with Gasteiger partial charge in [0.25, 0.3) is 5.91 Å². The van der Waals surface area contributed by atoms with Crippen molar-refractivity contribution in [2.75, 3.05) is 31.1 Å². The van der Waals surface area contributed by atoms with Crippen molar-refractivity contribution in [1.29, 1.82) is 0 Å². The highest BCUT2D eigenvalue weighted by Gasteiger charge is 2.36. The number of hydrogen-bond acceptors (Lipinski definition) is 8. The van der Waals surface area contributed by atoms with Crippen molar-refractivity contribution in [2.24, 2.45) is 0 Å². The number of aliphatic hydroxyl groups excluding tert-OH is 1. The van der Waals surface area contributed by atoms with E-state index in [2.05, 4.69) is 4.90 Å². The second-order valence-electron chi connectivity index (χ2n) is 8.90. The molecule has 0 bridgehead atoms. The van der Waals surface area contributed by atoms with Crippen molar-refractivity contribution in [2.45, 2.75) is 44.2 Å². The quantitative estimate of drug-likeness (QED) is 0.445. The Bertz CT molecular complexity index is 1160. The maximum Gasteiger partial charge on any atom is 0.270 e. The largest absolute Gasteiger partial charge is 0.475 e. The van der Waals surface area contributed by atoms with Gasteiger partial charge in [-0.05, 0) is 55.8 Å². The lowest BCUT2D eigenvalue weighted by molar-refractivity contribution is 0.0854. The van der Waals surface area contributed by atoms with Crippen LogP contribution in [0.3, 0.4) is 0 Å². The number of ether oxygens (including phenoxy) is 1. The number of likely N-dealkylation sites (tertiary alicyclic amines) is 1. The standard InChI is InChI=1S/C26H29N3O4S2/c30-15-11-18-7-3-4-12-28(18)13-6-14-29(25(32)22-10-5-16-34-22)26-27-20(17-35-26)24-23(31)19-8-1-2-9-21(19)33-24/h1-2,5,8-10,16-18,24,30H,3-4,6-7,11-15H2. The van der Waals surface area contributed by atoms with Crippen molar-refractivity contribution >= 4 is 39.5 Å². The summed E-state index contributed by atoms with van der Waals surface area (Å²) in [5.74, 6) is 0.393. The number of Topliss-reactive ketones (excluding diaryl/α,β-unsaturated/α-hetero) is 1. The van der Waals surface area contributed by atoms with Crippen LogP contribution in [0.1, 0.15) is 63.9 Å².